The molecule has 3 aliphatic heterocycles. The van der Waals surface area contributed by atoms with Gasteiger partial charge in [-0.25, -0.2) is 18.8 Å². The molecule has 0 fully saturated rings. The number of hydrogen-bond donors (Lipinski definition) is 4. The Morgan fingerprint density at radius 1 is 0.463 bits per heavy atom. The Morgan fingerprint density at radius 2 is 0.851 bits per heavy atom. The van der Waals surface area contributed by atoms with Crippen LogP contribution in [0.2, 0.25) is 0 Å². The molecule has 4 N–H and O–H groups in total. The van der Waals surface area contributed by atoms with Crippen molar-refractivity contribution in [1.82, 2.24) is 54.0 Å². The first-order valence-electron chi connectivity index (χ1n) is 42.4. The van der Waals surface area contributed by atoms with Crippen LogP contribution in [-0.4, -0.2) is 122 Å². The molecule has 3 atom stereocenters. The van der Waals surface area contributed by atoms with Crippen LogP contribution in [0.15, 0.2) is 198 Å². The highest BCUT2D eigenvalue weighted by Crippen LogP contribution is 2.42. The Morgan fingerprint density at radius 3 is 1.28 bits per heavy atom. The number of carbonyl (C=O) groups excluding carboxylic acids is 1. The van der Waals surface area contributed by atoms with Crippen molar-refractivity contribution in [3.05, 3.63) is 281 Å². The number of ether oxygens (including phenoxy) is 4. The van der Waals surface area contributed by atoms with Crippen LogP contribution >= 0.6 is 47.8 Å². The lowest BCUT2D eigenvalue weighted by atomic mass is 9.80. The van der Waals surface area contributed by atoms with Crippen molar-refractivity contribution in [2.24, 2.45) is 17.8 Å². The van der Waals surface area contributed by atoms with Crippen molar-refractivity contribution in [3.63, 3.8) is 0 Å². The number of carbonyl (C=O) groups is 1. The topological polar surface area (TPSA) is 189 Å². The van der Waals surface area contributed by atoms with Gasteiger partial charge in [-0.3, -0.25) is 9.80 Å². The summed E-state index contributed by atoms with van der Waals surface area (Å²) in [5.41, 5.74) is 26.1. The van der Waals surface area contributed by atoms with Crippen LogP contribution in [0.25, 0.3) is 50.1 Å². The first kappa shape index (κ1) is 90.7. The zero-order chi connectivity index (χ0) is 86.7. The molecule has 0 saturated heterocycles. The maximum absolute atomic E-state index is 12.5. The molecule has 8 aromatic carbocycles. The molecule has 13 aromatic rings. The standard InChI is InChI=1S/C34H38N4O.C26H32BrN3O.C22H30BrN3O3.C9H11Br.C8H8BNO2/c1-22(2)21-39-32-12-8-10-24(4)33(32)38-34(27-13-14-30-26(19-27)15-17-35-30)29-20-37(18-16-31(29)36-38)25(5)28-11-7-6-9-23(28)3;1-17(2)16-31-24-12-8-10-19(4)25(24)30-26(27)22-15-29(14-13-23(22)28-30)20(5)21-11-7-6-9-18(21)3;1-14(2)13-28-18-9-7-8-15(3)19(18)26-20(23)16-12-25(11-10-17(16)24-26)21(27)29-22(4,5)6;1-7-5-3-4-6-9(7)8(2)10;11-9(12)7-1-2-8-6(5-7)3-4-10-8/h6-15,17,19,22,25,35H,16,18,20-21H2,1-5H3;6-12,17,20H,13-16H2,1-5H3;7-9,14H,10-13H2,1-6H3;3-6,8H,1-2H3;1-5,10-12H. The smallest absolute Gasteiger partial charge is 0.488 e. The number of fused-ring (bicyclic) bond motifs is 5. The van der Waals surface area contributed by atoms with Crippen molar-refractivity contribution in [2.75, 3.05) is 39.5 Å². The van der Waals surface area contributed by atoms with Crippen molar-refractivity contribution in [3.8, 4) is 45.6 Å². The number of aromatic amines is 2. The molecule has 3 aliphatic rings. The summed E-state index contributed by atoms with van der Waals surface area (Å²) in [4.78, 5) is 26.2. The van der Waals surface area contributed by atoms with E-state index in [1.165, 1.54) is 72.5 Å². The lowest BCUT2D eigenvalue weighted by Crippen LogP contribution is -2.39. The Hall–Kier alpha value is -9.52. The fourth-order valence-electron chi connectivity index (χ4n) is 15.8. The second kappa shape index (κ2) is 40.7. The Kier molecular flexibility index (Phi) is 30.5. The number of para-hydroxylation sites is 3. The van der Waals surface area contributed by atoms with Crippen LogP contribution in [0.5, 0.6) is 17.2 Å². The van der Waals surface area contributed by atoms with Gasteiger partial charge in [-0.1, -0.05) is 185 Å². The van der Waals surface area contributed by atoms with Crippen LogP contribution in [0.1, 0.15) is 184 Å². The number of hydrogen-bond acceptors (Lipinski definition) is 12. The van der Waals surface area contributed by atoms with Gasteiger partial charge in [-0.05, 0) is 242 Å². The number of benzene rings is 8. The predicted molar refractivity (Wildman–Crippen MR) is 503 cm³/mol. The van der Waals surface area contributed by atoms with Crippen LogP contribution in [-0.2, 0) is 43.6 Å². The van der Waals surface area contributed by atoms with Crippen molar-refractivity contribution < 1.29 is 33.8 Å². The third kappa shape index (κ3) is 22.1. The number of aromatic nitrogens is 8. The number of H-pyrrole nitrogens is 2. The van der Waals surface area contributed by atoms with E-state index in [0.717, 1.165) is 127 Å². The summed E-state index contributed by atoms with van der Waals surface area (Å²) in [6.45, 7) is 45.1. The van der Waals surface area contributed by atoms with Gasteiger partial charge in [0.25, 0.3) is 0 Å². The monoisotopic (exact) mass is 1820 g/mol. The predicted octanol–water partition coefficient (Wildman–Crippen LogP) is 22.8. The first-order chi connectivity index (χ1) is 57.8. The minimum Gasteiger partial charge on any atom is -0.491 e. The molecular formula is C99H119BBr3N11O7. The molecular weight excluding hydrogens is 1710 g/mol. The maximum Gasteiger partial charge on any atom is 0.488 e. The van der Waals surface area contributed by atoms with Crippen molar-refractivity contribution >= 4 is 88.3 Å². The molecule has 0 saturated carbocycles. The summed E-state index contributed by atoms with van der Waals surface area (Å²) in [6, 6.07) is 61.1. The third-order valence-electron chi connectivity index (χ3n) is 22.3. The fraction of sp³-hybridized carbons (Fsp3) is 0.374. The Bertz CT molecular complexity index is 5690. The highest BCUT2D eigenvalue weighted by Gasteiger charge is 2.35. The van der Waals surface area contributed by atoms with Crippen LogP contribution in [0.4, 0.5) is 4.79 Å². The van der Waals surface area contributed by atoms with E-state index in [0.29, 0.717) is 79.5 Å². The maximum atomic E-state index is 12.5. The van der Waals surface area contributed by atoms with Gasteiger partial charge < -0.3 is 43.9 Å². The zero-order valence-electron chi connectivity index (χ0n) is 73.5. The first-order valence-corrected chi connectivity index (χ1v) is 44.9. The second-order valence-corrected chi connectivity index (χ2v) is 37.3. The van der Waals surface area contributed by atoms with E-state index in [1.54, 1.807) is 17.0 Å². The summed E-state index contributed by atoms with van der Waals surface area (Å²) in [5.74, 6) is 3.93. The lowest BCUT2D eigenvalue weighted by Gasteiger charge is -2.33. The number of alkyl halides is 1. The number of halogens is 3. The SMILES string of the molecule is Cc1cccc(OCC(C)C)c1-n1nc2c(c1Br)CN(C(=O)OC(C)(C)C)CC2.Cc1ccccc1C(C)Br.Cc1ccccc1C(C)N1CCc2nn(-c3c(C)cccc3OCC(C)C)c(-c3ccc4[nH]ccc4c3)c2C1.Cc1ccccc1C(C)N1CCc2nn(-c3c(C)cccc3OCC(C)C)c(Br)c2C1.OB(O)c1ccc2[nH]ccc2c1. The van der Waals surface area contributed by atoms with Gasteiger partial charge in [0.15, 0.2) is 0 Å². The largest absolute Gasteiger partial charge is 0.491 e. The highest BCUT2D eigenvalue weighted by molar-refractivity contribution is 9.10. The molecule has 16 rings (SSSR count). The van der Waals surface area contributed by atoms with Crippen LogP contribution in [0.3, 0.4) is 0 Å². The summed E-state index contributed by atoms with van der Waals surface area (Å²) in [6.07, 6.45) is 6.09. The zero-order valence-corrected chi connectivity index (χ0v) is 78.3. The van der Waals surface area contributed by atoms with Gasteiger partial charge in [-0.15, -0.1) is 0 Å². The number of nitrogens with one attached hydrogen (secondary N) is 2. The molecule has 0 bridgehead atoms. The van der Waals surface area contributed by atoms with Gasteiger partial charge in [0.05, 0.1) is 49.1 Å². The molecule has 8 heterocycles. The summed E-state index contributed by atoms with van der Waals surface area (Å²) in [7, 11) is -1.38. The number of aryl methyl sites for hydroxylation is 6. The molecule has 0 spiro atoms. The highest BCUT2D eigenvalue weighted by atomic mass is 79.9. The van der Waals surface area contributed by atoms with Gasteiger partial charge in [0.2, 0.25) is 0 Å². The third-order valence-corrected chi connectivity index (χ3v) is 24.5. The van der Waals surface area contributed by atoms with E-state index < -0.39 is 12.7 Å². The Labute approximate surface area is 740 Å². The molecule has 636 valence electrons. The molecule has 0 radical (unpaired) electrons. The van der Waals surface area contributed by atoms with Crippen LogP contribution in [0, 0.1) is 59.3 Å². The van der Waals surface area contributed by atoms with Gasteiger partial charge in [0, 0.05) is 120 Å². The Balaban J connectivity index is 0.000000148. The quantitative estimate of drug-likeness (QED) is 0.0444. The molecule has 18 nitrogen and oxygen atoms in total. The molecule has 22 heteroatoms. The summed E-state index contributed by atoms with van der Waals surface area (Å²) < 4.78 is 32.1. The summed E-state index contributed by atoms with van der Waals surface area (Å²) >= 11 is 11.1. The van der Waals surface area contributed by atoms with Crippen LogP contribution < -0.4 is 19.7 Å². The fourth-order valence-corrected chi connectivity index (χ4v) is 17.5. The normalized spacial score (nSPS) is 14.1. The van der Waals surface area contributed by atoms with Crippen molar-refractivity contribution in [1.29, 1.82) is 0 Å². The van der Waals surface area contributed by atoms with E-state index in [-0.39, 0.29) is 6.09 Å². The molecule has 1 amide bonds. The van der Waals surface area contributed by atoms with E-state index in [9.17, 15) is 4.79 Å². The molecule has 0 aliphatic carbocycles. The number of amides is 1. The number of nitrogens with zero attached hydrogens (tertiary/aromatic N) is 9. The average Bonchev–Trinajstić information content (AvgIpc) is 1.61. The molecule has 5 aromatic heterocycles. The molecule has 3 unspecified atom stereocenters. The minimum atomic E-state index is -1.38. The van der Waals surface area contributed by atoms with Gasteiger partial charge in [-0.2, -0.15) is 15.3 Å². The summed E-state index contributed by atoms with van der Waals surface area (Å²) in [5, 5.41) is 35.1. The van der Waals surface area contributed by atoms with E-state index in [2.05, 4.69) is 310 Å². The minimum absolute atomic E-state index is 0.292. The van der Waals surface area contributed by atoms with Gasteiger partial charge in [0.1, 0.15) is 49.1 Å². The second-order valence-electron chi connectivity index (χ2n) is 34.4. The van der Waals surface area contributed by atoms with Gasteiger partial charge >= 0.3 is 13.2 Å². The average molecular weight is 1830 g/mol. The lowest BCUT2D eigenvalue weighted by molar-refractivity contribution is 0.0223. The molecule has 121 heavy (non-hydrogen) atoms. The van der Waals surface area contributed by atoms with E-state index >= 15 is 0 Å². The number of rotatable bonds is 19. The van der Waals surface area contributed by atoms with Crippen molar-refractivity contribution in [2.45, 2.75) is 186 Å². The van der Waals surface area contributed by atoms with E-state index in [1.807, 2.05) is 72.9 Å². The van der Waals surface area contributed by atoms with E-state index in [4.69, 9.17) is 44.3 Å².